The van der Waals surface area contributed by atoms with Crippen LogP contribution in [0.1, 0.15) is 10.5 Å². The molecule has 6 heteroatoms. The predicted octanol–water partition coefficient (Wildman–Crippen LogP) is -3.26. The predicted molar refractivity (Wildman–Crippen MR) is 51.2 cm³/mol. The molecule has 0 aliphatic carbocycles. The molecule has 0 amide bonds. The summed E-state index contributed by atoms with van der Waals surface area (Å²) in [6.07, 6.45) is 0. The molecule has 0 saturated carbocycles. The van der Waals surface area contributed by atoms with Crippen LogP contribution in [-0.4, -0.2) is 16.2 Å². The van der Waals surface area contributed by atoms with Gasteiger partial charge >= 0.3 is 29.6 Å². The van der Waals surface area contributed by atoms with Gasteiger partial charge in [0.05, 0.1) is 17.2 Å². The molecule has 1 aromatic heterocycles. The van der Waals surface area contributed by atoms with E-state index in [9.17, 15) is 14.7 Å². The smallest absolute Gasteiger partial charge is 0.543 e. The van der Waals surface area contributed by atoms with Gasteiger partial charge in [-0.2, -0.15) is 0 Å². The molecule has 0 unspecified atom stereocenters. The first-order chi connectivity index (χ1) is 7.20. The number of aromatic amines is 2. The number of hydrogen-bond donors (Lipinski definition) is 2. The van der Waals surface area contributed by atoms with Crippen LogP contribution < -0.4 is 40.2 Å². The van der Waals surface area contributed by atoms with Crippen molar-refractivity contribution in [3.8, 4) is 11.1 Å². The van der Waals surface area contributed by atoms with Gasteiger partial charge in [0.25, 0.3) is 5.56 Å². The molecule has 0 fully saturated rings. The molecular formula is C10H7N2NaO3. The Bertz CT molecular complexity index is 545. The summed E-state index contributed by atoms with van der Waals surface area (Å²) in [7, 11) is 0. The van der Waals surface area contributed by atoms with Crippen LogP contribution in [0.5, 0.6) is 0 Å². The number of benzene rings is 1. The SMILES string of the molecule is O=C([O-])c1[nH][nH]c(=O)c1-c1ccccc1.[Na+]. The molecule has 5 nitrogen and oxygen atoms in total. The topological polar surface area (TPSA) is 88.8 Å². The van der Waals surface area contributed by atoms with E-state index in [4.69, 9.17) is 0 Å². The average molecular weight is 226 g/mol. The Labute approximate surface area is 113 Å². The van der Waals surface area contributed by atoms with Crippen LogP contribution in [0.3, 0.4) is 0 Å². The molecule has 1 heterocycles. The zero-order chi connectivity index (χ0) is 10.8. The summed E-state index contributed by atoms with van der Waals surface area (Å²) in [6.45, 7) is 0. The number of carboxylic acids is 1. The van der Waals surface area contributed by atoms with E-state index in [2.05, 4.69) is 10.2 Å². The molecule has 0 radical (unpaired) electrons. The number of aromatic carboxylic acids is 1. The molecule has 0 aliphatic heterocycles. The van der Waals surface area contributed by atoms with Crippen molar-refractivity contribution < 1.29 is 39.5 Å². The molecule has 2 rings (SSSR count). The summed E-state index contributed by atoms with van der Waals surface area (Å²) >= 11 is 0. The largest absolute Gasteiger partial charge is 1.00 e. The summed E-state index contributed by atoms with van der Waals surface area (Å²) in [6, 6.07) is 8.54. The second kappa shape index (κ2) is 5.16. The molecule has 0 bridgehead atoms. The molecule has 0 aliphatic rings. The van der Waals surface area contributed by atoms with Gasteiger partial charge in [-0.15, -0.1) is 0 Å². The number of H-pyrrole nitrogens is 2. The van der Waals surface area contributed by atoms with E-state index in [1.54, 1.807) is 30.3 Å². The molecule has 1 aromatic carbocycles. The maximum absolute atomic E-state index is 11.4. The first-order valence-electron chi connectivity index (χ1n) is 4.27. The fourth-order valence-electron chi connectivity index (χ4n) is 1.39. The van der Waals surface area contributed by atoms with Crippen LogP contribution in [0, 0.1) is 0 Å². The molecule has 2 N–H and O–H groups in total. The molecule has 0 spiro atoms. The second-order valence-corrected chi connectivity index (χ2v) is 2.98. The van der Waals surface area contributed by atoms with E-state index in [1.165, 1.54) is 0 Å². The Morgan fingerprint density at radius 1 is 1.12 bits per heavy atom. The number of aromatic nitrogens is 2. The number of carbonyl (C=O) groups excluding carboxylic acids is 1. The van der Waals surface area contributed by atoms with Gasteiger partial charge < -0.3 is 9.90 Å². The minimum atomic E-state index is -1.41. The molecule has 76 valence electrons. The molecule has 16 heavy (non-hydrogen) atoms. The maximum Gasteiger partial charge on any atom is 1.00 e. The van der Waals surface area contributed by atoms with Crippen LogP contribution in [0.15, 0.2) is 35.1 Å². The van der Waals surface area contributed by atoms with Crippen molar-refractivity contribution >= 4 is 5.97 Å². The van der Waals surface area contributed by atoms with Gasteiger partial charge in [0, 0.05) is 0 Å². The number of carboxylic acid groups (broad SMARTS) is 1. The van der Waals surface area contributed by atoms with Crippen molar-refractivity contribution in [2.24, 2.45) is 0 Å². The fraction of sp³-hybridized carbons (Fsp3) is 0. The summed E-state index contributed by atoms with van der Waals surface area (Å²) in [4.78, 5) is 22.1. The third-order valence-electron chi connectivity index (χ3n) is 2.04. The first kappa shape index (κ1) is 12.8. The van der Waals surface area contributed by atoms with Crippen molar-refractivity contribution in [3.05, 3.63) is 46.4 Å². The van der Waals surface area contributed by atoms with Crippen molar-refractivity contribution in [1.29, 1.82) is 0 Å². The molecule has 0 saturated heterocycles. The van der Waals surface area contributed by atoms with Crippen LogP contribution in [0.25, 0.3) is 11.1 Å². The van der Waals surface area contributed by atoms with E-state index in [0.717, 1.165) is 0 Å². The second-order valence-electron chi connectivity index (χ2n) is 2.98. The number of nitrogens with one attached hydrogen (secondary N) is 2. The van der Waals surface area contributed by atoms with Gasteiger partial charge in [-0.3, -0.25) is 15.0 Å². The quantitative estimate of drug-likeness (QED) is 0.527. The van der Waals surface area contributed by atoms with E-state index < -0.39 is 11.5 Å². The van der Waals surface area contributed by atoms with Crippen LogP contribution in [-0.2, 0) is 0 Å². The third-order valence-corrected chi connectivity index (χ3v) is 2.04. The Morgan fingerprint density at radius 2 is 1.75 bits per heavy atom. The van der Waals surface area contributed by atoms with Gasteiger partial charge in [0.1, 0.15) is 0 Å². The van der Waals surface area contributed by atoms with E-state index in [-0.39, 0.29) is 40.8 Å². The molecule has 0 atom stereocenters. The Morgan fingerprint density at radius 3 is 2.31 bits per heavy atom. The number of hydrogen-bond acceptors (Lipinski definition) is 3. The average Bonchev–Trinajstić information content (AvgIpc) is 2.61. The summed E-state index contributed by atoms with van der Waals surface area (Å²) < 4.78 is 0. The van der Waals surface area contributed by atoms with Gasteiger partial charge in [0.2, 0.25) is 0 Å². The molecule has 2 aromatic rings. The van der Waals surface area contributed by atoms with Gasteiger partial charge in [-0.1, -0.05) is 30.3 Å². The van der Waals surface area contributed by atoms with Crippen LogP contribution in [0.4, 0.5) is 0 Å². The maximum atomic E-state index is 11.4. The van der Waals surface area contributed by atoms with Gasteiger partial charge in [-0.25, -0.2) is 0 Å². The number of rotatable bonds is 2. The molecular weight excluding hydrogens is 219 g/mol. The van der Waals surface area contributed by atoms with Crippen molar-refractivity contribution in [3.63, 3.8) is 0 Å². The number of carbonyl (C=O) groups is 1. The van der Waals surface area contributed by atoms with Gasteiger partial charge in [0.15, 0.2) is 0 Å². The van der Waals surface area contributed by atoms with Crippen molar-refractivity contribution in [2.45, 2.75) is 0 Å². The summed E-state index contributed by atoms with van der Waals surface area (Å²) in [5.74, 6) is -1.41. The first-order valence-corrected chi connectivity index (χ1v) is 4.27. The van der Waals surface area contributed by atoms with E-state index in [1.807, 2.05) is 0 Å². The van der Waals surface area contributed by atoms with Crippen molar-refractivity contribution in [2.75, 3.05) is 0 Å². The zero-order valence-corrected chi connectivity index (χ0v) is 10.6. The van der Waals surface area contributed by atoms with Crippen LogP contribution >= 0.6 is 0 Å². The minimum Gasteiger partial charge on any atom is -0.543 e. The summed E-state index contributed by atoms with van der Waals surface area (Å²) in [5, 5.41) is 15.2. The van der Waals surface area contributed by atoms with E-state index in [0.29, 0.717) is 5.56 Å². The van der Waals surface area contributed by atoms with E-state index >= 15 is 0 Å². The minimum absolute atomic E-state index is 0. The monoisotopic (exact) mass is 226 g/mol. The van der Waals surface area contributed by atoms with Crippen molar-refractivity contribution in [1.82, 2.24) is 10.2 Å². The van der Waals surface area contributed by atoms with Gasteiger partial charge in [-0.05, 0) is 5.56 Å². The standard InChI is InChI=1S/C10H8N2O3.Na/c13-9-7(6-4-2-1-3-5-6)8(10(14)15)11-12-9;/h1-5H,(H,14,15)(H2,11,12,13);/q;+1/p-1. The Hall–Kier alpha value is -1.30. The fourth-order valence-corrected chi connectivity index (χ4v) is 1.39. The van der Waals surface area contributed by atoms with Crippen LogP contribution in [0.2, 0.25) is 0 Å². The summed E-state index contributed by atoms with van der Waals surface area (Å²) in [5.41, 5.74) is -0.0681. The Kier molecular flexibility index (Phi) is 4.12. The normalized spacial score (nSPS) is 9.50. The third kappa shape index (κ3) is 2.27. The Balaban J connectivity index is 0.00000128. The zero-order valence-electron chi connectivity index (χ0n) is 8.61.